The Labute approximate surface area is 124 Å². The molecule has 6 heteroatoms. The Morgan fingerprint density at radius 1 is 1.38 bits per heavy atom. The lowest BCUT2D eigenvalue weighted by Gasteiger charge is -2.29. The second kappa shape index (κ2) is 6.85. The largest absolute Gasteiger partial charge is 0.376 e. The topological polar surface area (TPSA) is 58.4 Å². The molecule has 116 valence electrons. The van der Waals surface area contributed by atoms with Gasteiger partial charge in [0.1, 0.15) is 11.5 Å². The molecule has 0 aromatic heterocycles. The van der Waals surface area contributed by atoms with Gasteiger partial charge in [-0.1, -0.05) is 6.42 Å². The van der Waals surface area contributed by atoms with E-state index in [1.807, 2.05) is 6.92 Å². The van der Waals surface area contributed by atoms with Crippen LogP contribution in [-0.2, 0) is 0 Å². The first-order valence-corrected chi connectivity index (χ1v) is 7.41. The number of nitro groups is 1. The smallest absolute Gasteiger partial charge is 0.295 e. The van der Waals surface area contributed by atoms with Crippen LogP contribution in [0.2, 0.25) is 0 Å². The third-order valence-electron chi connectivity index (χ3n) is 3.86. The average molecular weight is 295 g/mol. The number of nitro benzene ring substituents is 1. The Morgan fingerprint density at radius 3 is 2.67 bits per heavy atom. The Hall–Kier alpha value is -1.69. The molecule has 2 rings (SSSR count). The van der Waals surface area contributed by atoms with Crippen LogP contribution in [0.3, 0.4) is 0 Å². The maximum Gasteiger partial charge on any atom is 0.295 e. The highest BCUT2D eigenvalue weighted by molar-refractivity contribution is 5.63. The second-order valence-electron chi connectivity index (χ2n) is 5.78. The van der Waals surface area contributed by atoms with Gasteiger partial charge in [-0.15, -0.1) is 0 Å². The van der Waals surface area contributed by atoms with Crippen LogP contribution in [0.25, 0.3) is 0 Å². The Balaban J connectivity index is 2.07. The van der Waals surface area contributed by atoms with Crippen molar-refractivity contribution in [3.8, 4) is 0 Å². The third-order valence-corrected chi connectivity index (χ3v) is 3.86. The first-order chi connectivity index (χ1) is 9.97. The van der Waals surface area contributed by atoms with Crippen LogP contribution in [0.15, 0.2) is 12.1 Å². The monoisotopic (exact) mass is 295 g/mol. The molecule has 1 saturated heterocycles. The summed E-state index contributed by atoms with van der Waals surface area (Å²) in [7, 11) is 0. The number of nitrogens with one attached hydrogen (secondary N) is 1. The van der Waals surface area contributed by atoms with Crippen molar-refractivity contribution in [3.63, 3.8) is 0 Å². The summed E-state index contributed by atoms with van der Waals surface area (Å²) in [5.74, 6) is -0.545. The minimum atomic E-state index is -0.545. The van der Waals surface area contributed by atoms with Gasteiger partial charge in [0.25, 0.3) is 5.69 Å². The van der Waals surface area contributed by atoms with Gasteiger partial charge in [0.15, 0.2) is 0 Å². The SMILES string of the molecule is Cc1cc(NC(C)CN2CCCCC2)c([N+](=O)[O-])cc1F. The fourth-order valence-electron chi connectivity index (χ4n) is 2.78. The average Bonchev–Trinajstić information content (AvgIpc) is 2.43. The fourth-order valence-corrected chi connectivity index (χ4v) is 2.78. The van der Waals surface area contributed by atoms with E-state index < -0.39 is 10.7 Å². The molecule has 0 saturated carbocycles. The third kappa shape index (κ3) is 4.14. The van der Waals surface area contributed by atoms with E-state index >= 15 is 0 Å². The molecule has 0 aliphatic carbocycles. The molecule has 1 aliphatic heterocycles. The number of anilines is 1. The van der Waals surface area contributed by atoms with E-state index in [1.165, 1.54) is 25.3 Å². The normalized spacial score (nSPS) is 17.5. The van der Waals surface area contributed by atoms with Crippen molar-refractivity contribution in [2.45, 2.75) is 39.2 Å². The van der Waals surface area contributed by atoms with E-state index in [2.05, 4.69) is 10.2 Å². The molecule has 5 nitrogen and oxygen atoms in total. The lowest BCUT2D eigenvalue weighted by atomic mass is 10.1. The van der Waals surface area contributed by atoms with Gasteiger partial charge in [0, 0.05) is 12.6 Å². The van der Waals surface area contributed by atoms with E-state index in [0.29, 0.717) is 11.3 Å². The van der Waals surface area contributed by atoms with Crippen molar-refractivity contribution < 1.29 is 9.31 Å². The maximum absolute atomic E-state index is 13.5. The Morgan fingerprint density at radius 2 is 2.05 bits per heavy atom. The molecular formula is C15H22FN3O2. The zero-order valence-corrected chi connectivity index (χ0v) is 12.6. The van der Waals surface area contributed by atoms with E-state index in [9.17, 15) is 14.5 Å². The van der Waals surface area contributed by atoms with Crippen LogP contribution < -0.4 is 5.32 Å². The van der Waals surface area contributed by atoms with Crippen LogP contribution in [0.5, 0.6) is 0 Å². The summed E-state index contributed by atoms with van der Waals surface area (Å²) in [6, 6.07) is 2.58. The molecule has 1 unspecified atom stereocenters. The number of rotatable bonds is 5. The van der Waals surface area contributed by atoms with Crippen molar-refractivity contribution in [3.05, 3.63) is 33.6 Å². The van der Waals surface area contributed by atoms with Gasteiger partial charge in [-0.3, -0.25) is 10.1 Å². The van der Waals surface area contributed by atoms with Gasteiger partial charge in [-0.2, -0.15) is 0 Å². The number of hydrogen-bond donors (Lipinski definition) is 1. The van der Waals surface area contributed by atoms with E-state index in [-0.39, 0.29) is 11.7 Å². The zero-order chi connectivity index (χ0) is 15.4. The van der Waals surface area contributed by atoms with Crippen LogP contribution in [0.4, 0.5) is 15.8 Å². The lowest BCUT2D eigenvalue weighted by molar-refractivity contribution is -0.384. The molecule has 1 atom stereocenters. The molecule has 1 heterocycles. The molecule has 21 heavy (non-hydrogen) atoms. The number of nitrogens with zero attached hydrogens (tertiary/aromatic N) is 2. The molecule has 1 aliphatic rings. The number of hydrogen-bond acceptors (Lipinski definition) is 4. The van der Waals surface area contributed by atoms with Crippen LogP contribution in [-0.4, -0.2) is 35.5 Å². The first-order valence-electron chi connectivity index (χ1n) is 7.41. The Bertz CT molecular complexity index is 516. The molecule has 0 amide bonds. The van der Waals surface area contributed by atoms with Crippen molar-refractivity contribution >= 4 is 11.4 Å². The van der Waals surface area contributed by atoms with Gasteiger partial charge in [-0.05, 0) is 51.4 Å². The molecule has 1 aromatic rings. The first kappa shape index (κ1) is 15.7. The minimum absolute atomic E-state index is 0.0756. The summed E-state index contributed by atoms with van der Waals surface area (Å²) in [5.41, 5.74) is 0.597. The molecule has 0 radical (unpaired) electrons. The zero-order valence-electron chi connectivity index (χ0n) is 12.6. The standard InChI is InChI=1S/C15H22FN3O2/c1-11-8-14(15(19(20)21)9-13(11)16)17-12(2)10-18-6-4-3-5-7-18/h8-9,12,17H,3-7,10H2,1-2H3. The summed E-state index contributed by atoms with van der Waals surface area (Å²) >= 11 is 0. The van der Waals surface area contributed by atoms with E-state index in [0.717, 1.165) is 25.7 Å². The molecule has 1 fully saturated rings. The van der Waals surface area contributed by atoms with Crippen molar-refractivity contribution in [2.24, 2.45) is 0 Å². The summed E-state index contributed by atoms with van der Waals surface area (Å²) in [5, 5.41) is 14.2. The van der Waals surface area contributed by atoms with Crippen LogP contribution in [0.1, 0.15) is 31.7 Å². The van der Waals surface area contributed by atoms with Gasteiger partial charge >= 0.3 is 0 Å². The van der Waals surface area contributed by atoms with Gasteiger partial charge < -0.3 is 10.2 Å². The number of aryl methyl sites for hydroxylation is 1. The summed E-state index contributed by atoms with van der Waals surface area (Å²) in [6.07, 6.45) is 3.70. The van der Waals surface area contributed by atoms with Crippen molar-refractivity contribution in [1.29, 1.82) is 0 Å². The molecule has 0 spiro atoms. The molecule has 0 bridgehead atoms. The Kier molecular flexibility index (Phi) is 5.12. The second-order valence-corrected chi connectivity index (χ2v) is 5.78. The van der Waals surface area contributed by atoms with E-state index in [1.54, 1.807) is 6.92 Å². The van der Waals surface area contributed by atoms with Crippen LogP contribution in [0, 0.1) is 22.9 Å². The number of likely N-dealkylation sites (tertiary alicyclic amines) is 1. The lowest BCUT2D eigenvalue weighted by Crippen LogP contribution is -2.38. The predicted molar refractivity (Wildman–Crippen MR) is 81.2 cm³/mol. The summed E-state index contributed by atoms with van der Waals surface area (Å²) < 4.78 is 13.5. The molecular weight excluding hydrogens is 273 g/mol. The summed E-state index contributed by atoms with van der Waals surface area (Å²) in [4.78, 5) is 12.9. The van der Waals surface area contributed by atoms with Gasteiger partial charge in [-0.25, -0.2) is 4.39 Å². The minimum Gasteiger partial charge on any atom is -0.376 e. The number of benzene rings is 1. The van der Waals surface area contributed by atoms with E-state index in [4.69, 9.17) is 0 Å². The van der Waals surface area contributed by atoms with Crippen molar-refractivity contribution in [1.82, 2.24) is 4.90 Å². The van der Waals surface area contributed by atoms with Gasteiger partial charge in [0.05, 0.1) is 11.0 Å². The highest BCUT2D eigenvalue weighted by Crippen LogP contribution is 2.28. The van der Waals surface area contributed by atoms with Crippen LogP contribution >= 0.6 is 0 Å². The maximum atomic E-state index is 13.5. The van der Waals surface area contributed by atoms with Crippen molar-refractivity contribution in [2.75, 3.05) is 25.0 Å². The highest BCUT2D eigenvalue weighted by Gasteiger charge is 2.20. The highest BCUT2D eigenvalue weighted by atomic mass is 19.1. The number of halogens is 1. The summed E-state index contributed by atoms with van der Waals surface area (Å²) in [6.45, 7) is 6.61. The number of piperidine rings is 1. The predicted octanol–water partition coefficient (Wildman–Crippen LogP) is 3.33. The fraction of sp³-hybridized carbons (Fsp3) is 0.600. The molecule has 1 N–H and O–H groups in total. The quantitative estimate of drug-likeness (QED) is 0.668. The molecule has 1 aromatic carbocycles. The van der Waals surface area contributed by atoms with Gasteiger partial charge in [0.2, 0.25) is 0 Å².